The summed E-state index contributed by atoms with van der Waals surface area (Å²) in [5.74, 6) is -1.08. The van der Waals surface area contributed by atoms with E-state index in [0.717, 1.165) is 5.56 Å². The van der Waals surface area contributed by atoms with Crippen LogP contribution < -0.4 is 10.2 Å². The first kappa shape index (κ1) is 23.9. The minimum absolute atomic E-state index is 0.0154. The van der Waals surface area contributed by atoms with Crippen molar-refractivity contribution in [3.8, 4) is 0 Å². The van der Waals surface area contributed by atoms with Crippen molar-refractivity contribution in [1.82, 2.24) is 20.3 Å². The number of hydrogen-bond donors (Lipinski definition) is 1. The van der Waals surface area contributed by atoms with Crippen molar-refractivity contribution < 1.29 is 18.4 Å². The lowest BCUT2D eigenvalue weighted by atomic mass is 9.98. The Morgan fingerprint density at radius 2 is 1.76 bits per heavy atom. The van der Waals surface area contributed by atoms with Gasteiger partial charge in [0.2, 0.25) is 11.8 Å². The smallest absolute Gasteiger partial charge is 0.249 e. The number of halogens is 1. The van der Waals surface area contributed by atoms with Gasteiger partial charge in [0, 0.05) is 0 Å². The average molecular weight is 498 g/mol. The Balaban J connectivity index is 1.58. The topological polar surface area (TPSA) is 93.3 Å². The summed E-state index contributed by atoms with van der Waals surface area (Å²) in [6.07, 6.45) is 1.51. The van der Waals surface area contributed by atoms with Crippen LogP contribution in [0.1, 0.15) is 22.9 Å². The summed E-state index contributed by atoms with van der Waals surface area (Å²) in [5, 5.41) is 11.1. The number of nitrogens with one attached hydrogen (secondary N) is 1. The van der Waals surface area contributed by atoms with Crippen molar-refractivity contribution in [1.29, 1.82) is 0 Å². The Kier molecular flexibility index (Phi) is 6.76. The van der Waals surface area contributed by atoms with E-state index >= 15 is 4.39 Å². The van der Waals surface area contributed by atoms with E-state index in [-0.39, 0.29) is 18.8 Å². The van der Waals surface area contributed by atoms with Gasteiger partial charge in [0.25, 0.3) is 0 Å². The third kappa shape index (κ3) is 4.97. The van der Waals surface area contributed by atoms with Crippen LogP contribution in [0, 0.1) is 12.7 Å². The van der Waals surface area contributed by atoms with Gasteiger partial charge in [0.15, 0.2) is 0 Å². The second-order valence-corrected chi connectivity index (χ2v) is 8.51. The molecule has 5 rings (SSSR count). The van der Waals surface area contributed by atoms with Crippen molar-refractivity contribution in [2.45, 2.75) is 26.1 Å². The van der Waals surface area contributed by atoms with Gasteiger partial charge in [0.1, 0.15) is 29.7 Å². The Morgan fingerprint density at radius 1 is 1.00 bits per heavy atom. The van der Waals surface area contributed by atoms with Gasteiger partial charge in [-0.2, -0.15) is 0 Å². The van der Waals surface area contributed by atoms with Crippen LogP contribution in [0.3, 0.4) is 0 Å². The van der Waals surface area contributed by atoms with Gasteiger partial charge >= 0.3 is 0 Å². The molecule has 0 spiro atoms. The monoisotopic (exact) mass is 497 g/mol. The minimum atomic E-state index is -1.16. The summed E-state index contributed by atoms with van der Waals surface area (Å²) in [7, 11) is 0. The molecular formula is C28H24FN5O3. The molecule has 2 heterocycles. The van der Waals surface area contributed by atoms with Gasteiger partial charge in [-0.3, -0.25) is 14.5 Å². The number of nitrogens with zero attached hydrogens (tertiary/aromatic N) is 4. The number of amides is 2. The molecule has 0 aliphatic rings. The molecular weight excluding hydrogens is 473 g/mol. The van der Waals surface area contributed by atoms with Crippen LogP contribution in [0.4, 0.5) is 10.1 Å². The zero-order chi connectivity index (χ0) is 25.8. The Labute approximate surface area is 212 Å². The van der Waals surface area contributed by atoms with E-state index in [0.29, 0.717) is 22.4 Å². The first-order valence-electron chi connectivity index (χ1n) is 11.7. The molecule has 2 aromatic heterocycles. The van der Waals surface area contributed by atoms with Crippen molar-refractivity contribution in [3.05, 3.63) is 114 Å². The zero-order valence-corrected chi connectivity index (χ0v) is 20.0. The van der Waals surface area contributed by atoms with E-state index in [2.05, 4.69) is 15.6 Å². The number of aromatic nitrogens is 3. The van der Waals surface area contributed by atoms with Crippen LogP contribution >= 0.6 is 0 Å². The number of para-hydroxylation sites is 2. The largest absolute Gasteiger partial charge is 0.467 e. The summed E-state index contributed by atoms with van der Waals surface area (Å²) >= 11 is 0. The van der Waals surface area contributed by atoms with E-state index in [9.17, 15) is 9.59 Å². The predicted molar refractivity (Wildman–Crippen MR) is 136 cm³/mol. The number of hydrogen-bond acceptors (Lipinski definition) is 5. The fraction of sp³-hybridized carbons (Fsp3) is 0.143. The van der Waals surface area contributed by atoms with Crippen LogP contribution in [-0.2, 0) is 22.7 Å². The lowest BCUT2D eigenvalue weighted by Crippen LogP contribution is -2.45. The maximum absolute atomic E-state index is 15.2. The summed E-state index contributed by atoms with van der Waals surface area (Å²) < 4.78 is 22.0. The molecule has 5 aromatic rings. The van der Waals surface area contributed by atoms with Crippen molar-refractivity contribution in [2.24, 2.45) is 0 Å². The molecule has 186 valence electrons. The van der Waals surface area contributed by atoms with Gasteiger partial charge < -0.3 is 9.73 Å². The summed E-state index contributed by atoms with van der Waals surface area (Å²) in [5.41, 5.74) is 2.61. The number of carbonyl (C=O) groups excluding carboxylic acids is 2. The molecule has 0 saturated carbocycles. The standard InChI is InChI=1S/C28H24FN5O3/c1-19-9-2-3-11-21(19)27(28(36)30-17-20-10-8-16-37-20)34(24-14-6-4-12-22(24)29)26(35)18-33-25-15-7-5-13-23(25)31-32-33/h2-16,27H,17-18H2,1H3,(H,30,36). The van der Waals surface area contributed by atoms with Crippen LogP contribution in [-0.4, -0.2) is 26.8 Å². The first-order chi connectivity index (χ1) is 18.0. The van der Waals surface area contributed by atoms with E-state index in [1.165, 1.54) is 34.0 Å². The van der Waals surface area contributed by atoms with E-state index in [1.807, 2.05) is 31.2 Å². The molecule has 9 heteroatoms. The van der Waals surface area contributed by atoms with E-state index < -0.39 is 23.7 Å². The Morgan fingerprint density at radius 3 is 2.54 bits per heavy atom. The predicted octanol–water partition coefficient (Wildman–Crippen LogP) is 4.56. The maximum atomic E-state index is 15.2. The van der Waals surface area contributed by atoms with Crippen LogP contribution in [0.15, 0.2) is 95.6 Å². The third-order valence-corrected chi connectivity index (χ3v) is 6.09. The fourth-order valence-corrected chi connectivity index (χ4v) is 4.28. The van der Waals surface area contributed by atoms with Gasteiger partial charge in [0.05, 0.1) is 24.0 Å². The van der Waals surface area contributed by atoms with Gasteiger partial charge in [-0.15, -0.1) is 5.10 Å². The molecule has 0 radical (unpaired) electrons. The molecule has 0 fully saturated rings. The SMILES string of the molecule is Cc1ccccc1C(C(=O)NCc1ccco1)N(C(=O)Cn1nnc2ccccc21)c1ccccc1F. The highest BCUT2D eigenvalue weighted by atomic mass is 19.1. The molecule has 8 nitrogen and oxygen atoms in total. The second-order valence-electron chi connectivity index (χ2n) is 8.51. The van der Waals surface area contributed by atoms with Gasteiger partial charge in [-0.25, -0.2) is 9.07 Å². The van der Waals surface area contributed by atoms with Gasteiger partial charge in [-0.1, -0.05) is 53.7 Å². The van der Waals surface area contributed by atoms with Crippen molar-refractivity contribution in [2.75, 3.05) is 4.90 Å². The van der Waals surface area contributed by atoms with Crippen LogP contribution in [0.2, 0.25) is 0 Å². The lowest BCUT2D eigenvalue weighted by Gasteiger charge is -2.32. The molecule has 3 aromatic carbocycles. The minimum Gasteiger partial charge on any atom is -0.467 e. The molecule has 0 saturated heterocycles. The highest BCUT2D eigenvalue weighted by Crippen LogP contribution is 2.32. The van der Waals surface area contributed by atoms with E-state index in [4.69, 9.17) is 4.42 Å². The number of benzene rings is 3. The fourth-order valence-electron chi connectivity index (χ4n) is 4.28. The molecule has 1 N–H and O–H groups in total. The number of furan rings is 1. The quantitative estimate of drug-likeness (QED) is 0.339. The molecule has 1 unspecified atom stereocenters. The first-order valence-corrected chi connectivity index (χ1v) is 11.7. The Bertz CT molecular complexity index is 1550. The zero-order valence-electron chi connectivity index (χ0n) is 20.0. The van der Waals surface area contributed by atoms with Crippen LogP contribution in [0.25, 0.3) is 11.0 Å². The summed E-state index contributed by atoms with van der Waals surface area (Å²) in [6.45, 7) is 1.71. The maximum Gasteiger partial charge on any atom is 0.249 e. The number of rotatable bonds is 8. The number of fused-ring (bicyclic) bond motifs is 1. The van der Waals surface area contributed by atoms with Crippen molar-refractivity contribution in [3.63, 3.8) is 0 Å². The highest BCUT2D eigenvalue weighted by molar-refractivity contribution is 6.01. The molecule has 0 aliphatic carbocycles. The molecule has 0 aliphatic heterocycles. The molecule has 37 heavy (non-hydrogen) atoms. The van der Waals surface area contributed by atoms with Gasteiger partial charge in [-0.05, 0) is 54.4 Å². The molecule has 1 atom stereocenters. The number of anilines is 1. The lowest BCUT2D eigenvalue weighted by molar-refractivity contribution is -0.127. The molecule has 2 amide bonds. The highest BCUT2D eigenvalue weighted by Gasteiger charge is 2.35. The molecule has 0 bridgehead atoms. The average Bonchev–Trinajstić information content (AvgIpc) is 3.57. The van der Waals surface area contributed by atoms with E-state index in [1.54, 1.807) is 42.5 Å². The third-order valence-electron chi connectivity index (χ3n) is 6.09. The second kappa shape index (κ2) is 10.4. The summed E-state index contributed by atoms with van der Waals surface area (Å²) in [6, 6.07) is 22.7. The normalized spacial score (nSPS) is 11.8. The number of carbonyl (C=O) groups is 2. The van der Waals surface area contributed by atoms with Crippen LogP contribution in [0.5, 0.6) is 0 Å². The number of aryl methyl sites for hydroxylation is 1. The summed E-state index contributed by atoms with van der Waals surface area (Å²) in [4.78, 5) is 28.9. The Hall–Kier alpha value is -4.79. The van der Waals surface area contributed by atoms with Crippen molar-refractivity contribution >= 4 is 28.5 Å².